The van der Waals surface area contributed by atoms with Crippen LogP contribution in [-0.2, 0) is 14.3 Å². The van der Waals surface area contributed by atoms with Gasteiger partial charge >= 0.3 is 5.97 Å². The fourth-order valence-corrected chi connectivity index (χ4v) is 5.51. The van der Waals surface area contributed by atoms with E-state index in [4.69, 9.17) is 9.47 Å². The van der Waals surface area contributed by atoms with Gasteiger partial charge in [-0.15, -0.1) is 11.3 Å². The van der Waals surface area contributed by atoms with Gasteiger partial charge in [0, 0.05) is 24.0 Å². The molecule has 0 aromatic carbocycles. The third-order valence-corrected chi connectivity index (χ3v) is 7.81. The summed E-state index contributed by atoms with van der Waals surface area (Å²) >= 11 is 1.32. The monoisotopic (exact) mass is 487 g/mol. The molecule has 0 N–H and O–H groups in total. The molecule has 1 aromatic heterocycles. The third kappa shape index (κ3) is 6.86. The maximum atomic E-state index is 13.9. The van der Waals surface area contributed by atoms with Crippen molar-refractivity contribution in [3.63, 3.8) is 0 Å². The molecule has 2 aliphatic carbocycles. The Labute approximate surface area is 209 Å². The van der Waals surface area contributed by atoms with E-state index in [1.54, 1.807) is 0 Å². The van der Waals surface area contributed by atoms with Gasteiger partial charge in [0.2, 0.25) is 5.91 Å². The Hall–Kier alpha value is -1.84. The highest BCUT2D eigenvalue weighted by molar-refractivity contribution is 7.15. The first kappa shape index (κ1) is 26.8. The number of ether oxygens (including phenoxy) is 2. The Balaban J connectivity index is 1.91. The van der Waals surface area contributed by atoms with Crippen molar-refractivity contribution in [3.8, 4) is 11.8 Å². The second-order valence-corrected chi connectivity index (χ2v) is 12.0. The molecule has 0 bridgehead atoms. The molecule has 2 fully saturated rings. The summed E-state index contributed by atoms with van der Waals surface area (Å²) in [5, 5.41) is 0. The normalized spacial score (nSPS) is 24.5. The Morgan fingerprint density at radius 3 is 2.44 bits per heavy atom. The van der Waals surface area contributed by atoms with Crippen LogP contribution in [0.1, 0.15) is 101 Å². The van der Waals surface area contributed by atoms with Crippen LogP contribution in [0.25, 0.3) is 0 Å². The predicted octanol–water partition coefficient (Wildman–Crippen LogP) is 6.44. The zero-order chi connectivity index (χ0) is 24.9. The van der Waals surface area contributed by atoms with Gasteiger partial charge in [0.15, 0.2) is 0 Å². The SMILES string of the molecule is CCCCO[C@H]1C[C@H](N(c2cc(C#CC(C)(C)C)sc2C(=O)OC)C(=O)[C@H]2CC[C@H](C)CC2)C1. The maximum absolute atomic E-state index is 13.9. The highest BCUT2D eigenvalue weighted by Crippen LogP contribution is 2.40. The average molecular weight is 488 g/mol. The maximum Gasteiger partial charge on any atom is 0.350 e. The van der Waals surface area contributed by atoms with E-state index in [0.29, 0.717) is 16.5 Å². The largest absolute Gasteiger partial charge is 0.465 e. The molecule has 2 aliphatic rings. The van der Waals surface area contributed by atoms with Crippen molar-refractivity contribution in [2.24, 2.45) is 17.3 Å². The molecule has 34 heavy (non-hydrogen) atoms. The molecule has 5 nitrogen and oxygen atoms in total. The number of carbonyl (C=O) groups excluding carboxylic acids is 2. The Bertz CT molecular complexity index is 905. The molecule has 0 aliphatic heterocycles. The lowest BCUT2D eigenvalue weighted by molar-refractivity contribution is -0.125. The van der Waals surface area contributed by atoms with Crippen molar-refractivity contribution in [3.05, 3.63) is 15.8 Å². The van der Waals surface area contributed by atoms with Crippen molar-refractivity contribution in [2.45, 2.75) is 98.1 Å². The number of anilines is 1. The molecule has 1 heterocycles. The van der Waals surface area contributed by atoms with E-state index in [1.165, 1.54) is 18.4 Å². The van der Waals surface area contributed by atoms with Gasteiger partial charge in [0.1, 0.15) is 4.88 Å². The summed E-state index contributed by atoms with van der Waals surface area (Å²) in [7, 11) is 1.39. The van der Waals surface area contributed by atoms with Gasteiger partial charge in [-0.1, -0.05) is 32.1 Å². The molecule has 188 valence electrons. The van der Waals surface area contributed by atoms with Crippen LogP contribution >= 0.6 is 11.3 Å². The number of methoxy groups -OCH3 is 1. The van der Waals surface area contributed by atoms with E-state index < -0.39 is 5.97 Å². The molecule has 1 amide bonds. The molecule has 1 aromatic rings. The fourth-order valence-electron chi connectivity index (χ4n) is 4.59. The zero-order valence-electron chi connectivity index (χ0n) is 21.7. The van der Waals surface area contributed by atoms with Gasteiger partial charge in [-0.2, -0.15) is 0 Å². The summed E-state index contributed by atoms with van der Waals surface area (Å²) in [6.07, 6.45) is 7.92. The first-order valence-electron chi connectivity index (χ1n) is 12.8. The van der Waals surface area contributed by atoms with Crippen LogP contribution < -0.4 is 4.90 Å². The van der Waals surface area contributed by atoms with Gasteiger partial charge in [0.25, 0.3) is 0 Å². The summed E-state index contributed by atoms with van der Waals surface area (Å²) in [5.41, 5.74) is 0.511. The smallest absolute Gasteiger partial charge is 0.350 e. The number of nitrogens with zero attached hydrogens (tertiary/aromatic N) is 1. The third-order valence-electron chi connectivity index (χ3n) is 6.79. The number of hydrogen-bond acceptors (Lipinski definition) is 5. The number of unbranched alkanes of at least 4 members (excludes halogenated alkanes) is 1. The number of hydrogen-bond donors (Lipinski definition) is 0. The van der Waals surface area contributed by atoms with Crippen LogP contribution in [-0.4, -0.2) is 37.7 Å². The van der Waals surface area contributed by atoms with Crippen LogP contribution in [0.4, 0.5) is 5.69 Å². The second kappa shape index (κ2) is 11.7. The second-order valence-electron chi connectivity index (χ2n) is 11.0. The van der Waals surface area contributed by atoms with Crippen molar-refractivity contribution in [1.29, 1.82) is 0 Å². The minimum atomic E-state index is -0.408. The average Bonchev–Trinajstić information content (AvgIpc) is 3.19. The van der Waals surface area contributed by atoms with Gasteiger partial charge in [-0.05, 0) is 77.7 Å². The summed E-state index contributed by atoms with van der Waals surface area (Å²) in [4.78, 5) is 29.8. The van der Waals surface area contributed by atoms with Crippen LogP contribution in [0.3, 0.4) is 0 Å². The fraction of sp³-hybridized carbons (Fsp3) is 0.714. The number of rotatable bonds is 8. The van der Waals surface area contributed by atoms with E-state index in [9.17, 15) is 9.59 Å². The minimum absolute atomic E-state index is 0.00534. The number of amides is 1. The lowest BCUT2D eigenvalue weighted by atomic mass is 9.80. The molecule has 0 unspecified atom stereocenters. The van der Waals surface area contributed by atoms with E-state index in [2.05, 4.69) is 46.5 Å². The van der Waals surface area contributed by atoms with Gasteiger partial charge in [-0.3, -0.25) is 4.79 Å². The molecule has 0 spiro atoms. The van der Waals surface area contributed by atoms with Crippen molar-refractivity contribution < 1.29 is 19.1 Å². The lowest BCUT2D eigenvalue weighted by Gasteiger charge is -2.44. The van der Waals surface area contributed by atoms with Crippen molar-refractivity contribution in [1.82, 2.24) is 0 Å². The van der Waals surface area contributed by atoms with E-state index in [1.807, 2.05) is 11.0 Å². The first-order valence-corrected chi connectivity index (χ1v) is 13.6. The van der Waals surface area contributed by atoms with Crippen LogP contribution in [0, 0.1) is 29.1 Å². The number of carbonyl (C=O) groups is 2. The van der Waals surface area contributed by atoms with Crippen LogP contribution in [0.15, 0.2) is 6.07 Å². The molecule has 2 saturated carbocycles. The van der Waals surface area contributed by atoms with Crippen molar-refractivity contribution in [2.75, 3.05) is 18.6 Å². The summed E-state index contributed by atoms with van der Waals surface area (Å²) in [5.74, 6) is 6.88. The Morgan fingerprint density at radius 2 is 1.85 bits per heavy atom. The van der Waals surface area contributed by atoms with Gasteiger partial charge in [0.05, 0.1) is 23.8 Å². The summed E-state index contributed by atoms with van der Waals surface area (Å²) in [6, 6.07) is 1.96. The van der Waals surface area contributed by atoms with Crippen LogP contribution in [0.2, 0.25) is 0 Å². The Kier molecular flexibility index (Phi) is 9.23. The Morgan fingerprint density at radius 1 is 1.18 bits per heavy atom. The van der Waals surface area contributed by atoms with Crippen LogP contribution in [0.5, 0.6) is 0 Å². The number of thiophene rings is 1. The topological polar surface area (TPSA) is 55.8 Å². The first-order chi connectivity index (χ1) is 16.1. The molecule has 0 saturated heterocycles. The lowest BCUT2D eigenvalue weighted by Crippen LogP contribution is -2.53. The molecule has 0 radical (unpaired) electrons. The molecule has 0 atom stereocenters. The summed E-state index contributed by atoms with van der Waals surface area (Å²) in [6.45, 7) is 11.4. The highest BCUT2D eigenvalue weighted by atomic mass is 32.1. The molecule has 3 rings (SSSR count). The van der Waals surface area contributed by atoms with E-state index in [-0.39, 0.29) is 29.4 Å². The quantitative estimate of drug-likeness (QED) is 0.241. The van der Waals surface area contributed by atoms with E-state index >= 15 is 0 Å². The molecule has 6 heteroatoms. The standard InChI is InChI=1S/C28H41NO4S/c1-7-8-15-33-22-16-21(17-22)29(26(30)20-11-9-19(2)10-12-20)24-18-23(13-14-28(3,4)5)34-25(24)27(31)32-6/h18-22H,7-12,15-17H2,1-6H3/t19-,20-,21-,22-. The van der Waals surface area contributed by atoms with E-state index in [0.717, 1.165) is 62.9 Å². The summed E-state index contributed by atoms with van der Waals surface area (Å²) < 4.78 is 11.1. The zero-order valence-corrected chi connectivity index (χ0v) is 22.6. The van der Waals surface area contributed by atoms with Gasteiger partial charge in [-0.25, -0.2) is 4.79 Å². The highest BCUT2D eigenvalue weighted by Gasteiger charge is 2.42. The molecular formula is C28H41NO4S. The van der Waals surface area contributed by atoms with Crippen molar-refractivity contribution >= 4 is 28.9 Å². The predicted molar refractivity (Wildman–Crippen MR) is 138 cm³/mol. The minimum Gasteiger partial charge on any atom is -0.465 e. The van der Waals surface area contributed by atoms with Gasteiger partial charge < -0.3 is 14.4 Å². The molecular weight excluding hydrogens is 446 g/mol. The number of esters is 1.